The van der Waals surface area contributed by atoms with E-state index in [1.54, 1.807) is 36.4 Å². The predicted molar refractivity (Wildman–Crippen MR) is 205 cm³/mol. The highest BCUT2D eigenvalue weighted by atomic mass is 32.2. The summed E-state index contributed by atoms with van der Waals surface area (Å²) >= 11 is 2.29. The molecule has 50 heavy (non-hydrogen) atoms. The Balaban J connectivity index is 1.26. The number of carbonyl (C=O) groups is 4. The zero-order valence-corrected chi connectivity index (χ0v) is 31.9. The number of unbranched alkanes of at least 4 members (excludes halogenated alkanes) is 18. The Bertz CT molecular complexity index is 1370. The minimum absolute atomic E-state index is 0.283. The van der Waals surface area contributed by atoms with Gasteiger partial charge in [-0.1, -0.05) is 165 Å². The molecule has 2 aliphatic heterocycles. The average molecular weight is 721 g/mol. The summed E-state index contributed by atoms with van der Waals surface area (Å²) in [6.07, 6.45) is 24.0. The van der Waals surface area contributed by atoms with E-state index in [1.165, 1.54) is 89.9 Å². The molecule has 0 unspecified atom stereocenters. The Hall–Kier alpha value is -2.84. The zero-order chi connectivity index (χ0) is 35.6. The summed E-state index contributed by atoms with van der Waals surface area (Å²) < 4.78 is 11.2. The van der Waals surface area contributed by atoms with Gasteiger partial charge in [0.25, 0.3) is 0 Å². The predicted octanol–water partition coefficient (Wildman–Crippen LogP) is 12.3. The quantitative estimate of drug-likeness (QED) is 0.0602. The van der Waals surface area contributed by atoms with Crippen LogP contribution >= 0.6 is 23.5 Å². The van der Waals surface area contributed by atoms with E-state index in [4.69, 9.17) is 9.47 Å². The second-order valence-corrected chi connectivity index (χ2v) is 15.6. The van der Waals surface area contributed by atoms with E-state index >= 15 is 0 Å². The Labute approximate surface area is 308 Å². The fraction of sp³-hybridized carbons (Fsp3) is 0.571. The summed E-state index contributed by atoms with van der Waals surface area (Å²) in [6.45, 7) is 5.15. The third kappa shape index (κ3) is 11.6. The normalized spacial score (nSPS) is 15.0. The third-order valence-electron chi connectivity index (χ3n) is 9.45. The van der Waals surface area contributed by atoms with Crippen LogP contribution in [0.5, 0.6) is 0 Å². The van der Waals surface area contributed by atoms with Crippen molar-refractivity contribution in [2.45, 2.75) is 152 Å². The van der Waals surface area contributed by atoms with Crippen molar-refractivity contribution in [2.24, 2.45) is 0 Å². The molecule has 4 rings (SSSR count). The molecule has 0 bridgehead atoms. The van der Waals surface area contributed by atoms with Gasteiger partial charge in [0, 0.05) is 20.9 Å². The van der Waals surface area contributed by atoms with Crippen LogP contribution in [0, 0.1) is 0 Å². The Kier molecular flexibility index (Phi) is 17.7. The van der Waals surface area contributed by atoms with Gasteiger partial charge in [-0.05, 0) is 37.1 Å². The SMILES string of the molecule is CCCCCCCCCCCCOC(=O)c1cccc2c1S/C(=C1\Sc3c(C(=O)OCCCCCCCCCCCC)cccc3C1=O)C2=O. The summed E-state index contributed by atoms with van der Waals surface area (Å²) in [5.41, 5.74) is 1.47. The fourth-order valence-corrected chi connectivity index (χ4v) is 8.98. The molecule has 6 nitrogen and oxygen atoms in total. The van der Waals surface area contributed by atoms with Crippen LogP contribution in [-0.4, -0.2) is 36.7 Å². The highest BCUT2D eigenvalue weighted by Crippen LogP contribution is 2.51. The van der Waals surface area contributed by atoms with Crippen LogP contribution in [-0.2, 0) is 9.47 Å². The monoisotopic (exact) mass is 720 g/mol. The number of carbonyl (C=O) groups excluding carboxylic acids is 4. The molecule has 0 aromatic heterocycles. The highest BCUT2D eigenvalue weighted by molar-refractivity contribution is 8.08. The summed E-state index contributed by atoms with van der Waals surface area (Å²) in [6, 6.07) is 10.1. The van der Waals surface area contributed by atoms with E-state index in [-0.39, 0.29) is 21.4 Å². The van der Waals surface area contributed by atoms with Gasteiger partial charge in [-0.2, -0.15) is 0 Å². The van der Waals surface area contributed by atoms with E-state index < -0.39 is 11.9 Å². The molecule has 8 heteroatoms. The first-order chi connectivity index (χ1) is 24.5. The van der Waals surface area contributed by atoms with Crippen LogP contribution in [0.25, 0.3) is 0 Å². The van der Waals surface area contributed by atoms with Crippen LogP contribution in [0.3, 0.4) is 0 Å². The molecular formula is C42H56O6S2. The molecule has 2 aromatic rings. The van der Waals surface area contributed by atoms with Gasteiger partial charge in [-0.25, -0.2) is 9.59 Å². The van der Waals surface area contributed by atoms with Gasteiger partial charge in [-0.3, -0.25) is 9.59 Å². The maximum absolute atomic E-state index is 13.6. The molecule has 2 aromatic carbocycles. The first-order valence-corrected chi connectivity index (χ1v) is 20.9. The Morgan fingerprint density at radius 3 is 1.14 bits per heavy atom. The summed E-state index contributed by atoms with van der Waals surface area (Å²) in [4.78, 5) is 54.9. The molecule has 2 heterocycles. The second kappa shape index (κ2) is 22.2. The van der Waals surface area contributed by atoms with Gasteiger partial charge in [0.05, 0.1) is 34.2 Å². The first-order valence-electron chi connectivity index (χ1n) is 19.3. The molecule has 0 amide bonds. The highest BCUT2D eigenvalue weighted by Gasteiger charge is 2.39. The fourth-order valence-electron chi connectivity index (χ4n) is 6.48. The van der Waals surface area contributed by atoms with E-state index in [0.29, 0.717) is 45.3 Å². The first kappa shape index (κ1) is 39.9. The van der Waals surface area contributed by atoms with Gasteiger partial charge in [0.2, 0.25) is 11.6 Å². The number of benzene rings is 2. The lowest BCUT2D eigenvalue weighted by atomic mass is 10.0. The van der Waals surface area contributed by atoms with E-state index in [9.17, 15) is 19.2 Å². The van der Waals surface area contributed by atoms with Crippen molar-refractivity contribution in [3.8, 4) is 0 Å². The maximum atomic E-state index is 13.6. The van der Waals surface area contributed by atoms with E-state index in [1.807, 2.05) is 0 Å². The minimum atomic E-state index is -0.453. The summed E-state index contributed by atoms with van der Waals surface area (Å²) in [5, 5.41) is 0. The molecule has 2 aliphatic rings. The van der Waals surface area contributed by atoms with Gasteiger partial charge in [0.15, 0.2) is 0 Å². The number of hydrogen-bond donors (Lipinski definition) is 0. The Morgan fingerprint density at radius 1 is 0.480 bits per heavy atom. The van der Waals surface area contributed by atoms with Crippen LogP contribution in [0.2, 0.25) is 0 Å². The number of hydrogen-bond acceptors (Lipinski definition) is 8. The van der Waals surface area contributed by atoms with E-state index in [2.05, 4.69) is 13.8 Å². The van der Waals surface area contributed by atoms with Crippen LogP contribution < -0.4 is 0 Å². The lowest BCUT2D eigenvalue weighted by Crippen LogP contribution is -2.08. The number of thioether (sulfide) groups is 2. The summed E-state index contributed by atoms with van der Waals surface area (Å²) in [7, 11) is 0. The van der Waals surface area contributed by atoms with Crippen molar-refractivity contribution in [2.75, 3.05) is 13.2 Å². The lowest BCUT2D eigenvalue weighted by molar-refractivity contribution is 0.0484. The van der Waals surface area contributed by atoms with Crippen molar-refractivity contribution in [3.63, 3.8) is 0 Å². The molecule has 0 saturated carbocycles. The van der Waals surface area contributed by atoms with Gasteiger partial charge in [-0.15, -0.1) is 0 Å². The standard InChI is InChI=1S/C42H56O6S2/c1-3-5-7-9-11-13-15-17-19-21-29-47-41(45)33-27-23-25-31-35(43)39(49-37(31)33)40-36(44)32-26-24-28-34(38(32)50-40)42(46)48-30-22-20-18-16-14-12-10-8-6-4-2/h23-28H,3-22,29-30H2,1-2H3/b40-39-. The van der Waals surface area contributed by atoms with Crippen molar-refractivity contribution in [1.82, 2.24) is 0 Å². The average Bonchev–Trinajstić information content (AvgIpc) is 3.64. The topological polar surface area (TPSA) is 86.7 Å². The van der Waals surface area contributed by atoms with E-state index in [0.717, 1.165) is 62.0 Å². The molecule has 0 atom stereocenters. The van der Waals surface area contributed by atoms with Crippen molar-refractivity contribution >= 4 is 47.0 Å². The zero-order valence-electron chi connectivity index (χ0n) is 30.3. The number of Topliss-reactive ketones (excluding diaryl/α,β-unsaturated/α-hetero) is 2. The molecule has 0 fully saturated rings. The molecule has 0 saturated heterocycles. The number of ether oxygens (including phenoxy) is 2. The van der Waals surface area contributed by atoms with Gasteiger partial charge >= 0.3 is 11.9 Å². The number of allylic oxidation sites excluding steroid dienone is 2. The smallest absolute Gasteiger partial charge is 0.339 e. The van der Waals surface area contributed by atoms with Gasteiger partial charge < -0.3 is 9.47 Å². The lowest BCUT2D eigenvalue weighted by Gasteiger charge is -2.08. The molecule has 0 aliphatic carbocycles. The van der Waals surface area contributed by atoms with Crippen LogP contribution in [0.1, 0.15) is 184 Å². The largest absolute Gasteiger partial charge is 0.462 e. The molecule has 272 valence electrons. The number of ketones is 2. The summed E-state index contributed by atoms with van der Waals surface area (Å²) in [5.74, 6) is -1.48. The minimum Gasteiger partial charge on any atom is -0.462 e. The van der Waals surface area contributed by atoms with Crippen molar-refractivity contribution < 1.29 is 28.7 Å². The van der Waals surface area contributed by atoms with Crippen LogP contribution in [0.4, 0.5) is 0 Å². The number of rotatable bonds is 24. The molecule has 0 radical (unpaired) electrons. The molecular weight excluding hydrogens is 665 g/mol. The Morgan fingerprint density at radius 2 is 0.800 bits per heavy atom. The van der Waals surface area contributed by atoms with Crippen molar-refractivity contribution in [3.05, 3.63) is 68.5 Å². The van der Waals surface area contributed by atoms with Crippen molar-refractivity contribution in [1.29, 1.82) is 0 Å². The third-order valence-corrected chi connectivity index (χ3v) is 12.1. The number of fused-ring (bicyclic) bond motifs is 2. The van der Waals surface area contributed by atoms with Crippen LogP contribution in [0.15, 0.2) is 56.0 Å². The number of esters is 2. The molecule has 0 spiro atoms. The maximum Gasteiger partial charge on any atom is 0.339 e. The second-order valence-electron chi connectivity index (χ2n) is 13.5. The van der Waals surface area contributed by atoms with Gasteiger partial charge in [0.1, 0.15) is 0 Å². The molecule has 0 N–H and O–H groups in total.